The Hall–Kier alpha value is -2.08. The zero-order chi connectivity index (χ0) is 23.7. The van der Waals surface area contributed by atoms with Gasteiger partial charge in [0.25, 0.3) is 8.32 Å². The van der Waals surface area contributed by atoms with Crippen molar-refractivity contribution >= 4 is 19.9 Å². The van der Waals surface area contributed by atoms with Crippen LogP contribution in [0.3, 0.4) is 0 Å². The molecule has 1 aromatic rings. The normalized spacial score (nSPS) is 18.1. The van der Waals surface area contributed by atoms with Crippen molar-refractivity contribution in [2.45, 2.75) is 72.6 Å². The first-order valence-corrected chi connectivity index (χ1v) is 13.9. The van der Waals surface area contributed by atoms with Gasteiger partial charge in [-0.2, -0.15) is 0 Å². The fraction of sp³-hybridized carbons (Fsp3) is 0.560. The zero-order valence-corrected chi connectivity index (χ0v) is 21.7. The molecule has 0 spiro atoms. The molecule has 0 saturated carbocycles. The number of nitrogens with zero attached hydrogens (tertiary/aromatic N) is 1. The topological polar surface area (TPSA) is 38.8 Å². The fourth-order valence-electron chi connectivity index (χ4n) is 3.66. The largest absolute Gasteiger partial charge is 0.542 e. The van der Waals surface area contributed by atoms with Crippen LogP contribution in [0.5, 0.6) is 0 Å². The molecule has 0 fully saturated rings. The van der Waals surface area contributed by atoms with E-state index in [1.54, 1.807) is 19.1 Å². The monoisotopic (exact) mass is 447 g/mol. The first-order valence-electron chi connectivity index (χ1n) is 11.0. The molecule has 1 unspecified atom stereocenters. The number of halogens is 1. The van der Waals surface area contributed by atoms with E-state index in [1.165, 1.54) is 12.1 Å². The minimum atomic E-state index is -2.23. The number of rotatable bonds is 6. The predicted octanol–water partition coefficient (Wildman–Crippen LogP) is 6.37. The Kier molecular flexibility index (Phi) is 7.46. The lowest BCUT2D eigenvalue weighted by Gasteiger charge is -2.44. The van der Waals surface area contributed by atoms with Crippen LogP contribution in [-0.2, 0) is 14.0 Å². The summed E-state index contributed by atoms with van der Waals surface area (Å²) in [7, 11) is -0.231. The standard InChI is InChI=1S/C25H38FNO3Si/c1-11-29-24(28)21-20(18-12-14-19(26)15-13-18)23(30-31(9,10)25(5,6)7)17(4)27(8)22(21)16(2)3/h12-16,22H,11H2,1-10H3. The molecule has 0 aromatic heterocycles. The maximum Gasteiger partial charge on any atom is 0.336 e. The first-order chi connectivity index (χ1) is 14.2. The number of carbonyl (C=O) groups excluding carboxylic acids is 1. The third kappa shape index (κ3) is 5.05. The van der Waals surface area contributed by atoms with Crippen LogP contribution < -0.4 is 0 Å². The van der Waals surface area contributed by atoms with Gasteiger partial charge in [-0.3, -0.25) is 0 Å². The quantitative estimate of drug-likeness (QED) is 0.375. The molecule has 0 aliphatic carbocycles. The van der Waals surface area contributed by atoms with E-state index in [1.807, 2.05) is 14.0 Å². The van der Waals surface area contributed by atoms with Gasteiger partial charge in [0.1, 0.15) is 11.6 Å². The van der Waals surface area contributed by atoms with Crippen molar-refractivity contribution in [2.75, 3.05) is 13.7 Å². The molecule has 1 aliphatic heterocycles. The van der Waals surface area contributed by atoms with Gasteiger partial charge in [-0.1, -0.05) is 46.8 Å². The van der Waals surface area contributed by atoms with Gasteiger partial charge in [0.2, 0.25) is 0 Å². The highest BCUT2D eigenvalue weighted by molar-refractivity contribution is 6.74. The van der Waals surface area contributed by atoms with Crippen molar-refractivity contribution in [3.05, 3.63) is 52.7 Å². The number of hydrogen-bond acceptors (Lipinski definition) is 4. The molecule has 6 heteroatoms. The molecule has 0 radical (unpaired) electrons. The number of ether oxygens (including phenoxy) is 1. The Labute approximate surface area is 188 Å². The molecule has 0 amide bonds. The van der Waals surface area contributed by atoms with Crippen molar-refractivity contribution in [1.29, 1.82) is 0 Å². The molecular weight excluding hydrogens is 409 g/mol. The lowest BCUT2D eigenvalue weighted by Crippen LogP contribution is -2.46. The van der Waals surface area contributed by atoms with Gasteiger partial charge in [-0.05, 0) is 55.6 Å². The molecule has 4 nitrogen and oxygen atoms in total. The summed E-state index contributed by atoms with van der Waals surface area (Å²) in [6, 6.07) is 6.11. The number of esters is 1. The lowest BCUT2D eigenvalue weighted by molar-refractivity contribution is -0.139. The van der Waals surface area contributed by atoms with E-state index in [0.717, 1.165) is 16.8 Å². The van der Waals surface area contributed by atoms with Crippen LogP contribution in [0.1, 0.15) is 54.0 Å². The lowest BCUT2D eigenvalue weighted by atomic mass is 9.83. The summed E-state index contributed by atoms with van der Waals surface area (Å²) in [6.07, 6.45) is 0. The van der Waals surface area contributed by atoms with Gasteiger partial charge in [-0.25, -0.2) is 9.18 Å². The summed E-state index contributed by atoms with van der Waals surface area (Å²) in [4.78, 5) is 15.4. The van der Waals surface area contributed by atoms with Crippen LogP contribution in [0.25, 0.3) is 5.57 Å². The van der Waals surface area contributed by atoms with E-state index >= 15 is 0 Å². The molecule has 1 aliphatic rings. The average molecular weight is 448 g/mol. The number of likely N-dealkylation sites (N-methyl/N-ethyl adjacent to an activating group) is 1. The van der Waals surface area contributed by atoms with Crippen molar-refractivity contribution in [1.82, 2.24) is 4.90 Å². The maximum absolute atomic E-state index is 13.7. The van der Waals surface area contributed by atoms with Crippen LogP contribution >= 0.6 is 0 Å². The van der Waals surface area contributed by atoms with E-state index in [4.69, 9.17) is 9.16 Å². The minimum absolute atomic E-state index is 0.0221. The van der Waals surface area contributed by atoms with Crippen LogP contribution in [0.4, 0.5) is 4.39 Å². The number of benzene rings is 1. The Morgan fingerprint density at radius 1 is 1.19 bits per heavy atom. The Morgan fingerprint density at radius 2 is 1.74 bits per heavy atom. The number of hydrogen-bond donors (Lipinski definition) is 0. The highest BCUT2D eigenvalue weighted by Gasteiger charge is 2.44. The summed E-state index contributed by atoms with van der Waals surface area (Å²) < 4.78 is 26.1. The third-order valence-corrected chi connectivity index (χ3v) is 10.8. The number of carbonyl (C=O) groups is 1. The SMILES string of the molecule is CCOC(=O)C1=C(c2ccc(F)cc2)C(O[Si](C)(C)C(C)(C)C)=C(C)N(C)C1C(C)C. The fourth-order valence-corrected chi connectivity index (χ4v) is 4.73. The van der Waals surface area contributed by atoms with Gasteiger partial charge >= 0.3 is 5.97 Å². The smallest absolute Gasteiger partial charge is 0.336 e. The minimum Gasteiger partial charge on any atom is -0.542 e. The summed E-state index contributed by atoms with van der Waals surface area (Å²) >= 11 is 0. The average Bonchev–Trinajstić information content (AvgIpc) is 2.65. The molecular formula is C25H38FNO3Si. The third-order valence-electron chi connectivity index (χ3n) is 6.49. The van der Waals surface area contributed by atoms with Crippen molar-refractivity contribution in [3.63, 3.8) is 0 Å². The molecule has 1 heterocycles. The maximum atomic E-state index is 13.7. The van der Waals surface area contributed by atoms with Crippen LogP contribution in [-0.4, -0.2) is 38.9 Å². The summed E-state index contributed by atoms with van der Waals surface area (Å²) in [5.41, 5.74) is 3.02. The van der Waals surface area contributed by atoms with Gasteiger partial charge in [0.05, 0.1) is 23.9 Å². The zero-order valence-electron chi connectivity index (χ0n) is 20.7. The predicted molar refractivity (Wildman–Crippen MR) is 127 cm³/mol. The summed E-state index contributed by atoms with van der Waals surface area (Å²) in [6.45, 7) is 19.2. The first kappa shape index (κ1) is 25.2. The van der Waals surface area contributed by atoms with E-state index < -0.39 is 8.32 Å². The van der Waals surface area contributed by atoms with Crippen LogP contribution in [0.15, 0.2) is 41.3 Å². The Balaban J connectivity index is 2.87. The molecule has 0 N–H and O–H groups in total. The van der Waals surface area contributed by atoms with E-state index in [2.05, 4.69) is 52.6 Å². The molecule has 2 rings (SSSR count). The molecule has 1 atom stereocenters. The van der Waals surface area contributed by atoms with Crippen LogP contribution in [0.2, 0.25) is 18.1 Å². The highest BCUT2D eigenvalue weighted by Crippen LogP contribution is 2.45. The summed E-state index contributed by atoms with van der Waals surface area (Å²) in [5, 5.41) is -0.0221. The summed E-state index contributed by atoms with van der Waals surface area (Å²) in [5.74, 6) is 0.184. The molecule has 0 bridgehead atoms. The van der Waals surface area contributed by atoms with Crippen molar-refractivity contribution < 1.29 is 18.3 Å². The molecule has 31 heavy (non-hydrogen) atoms. The second kappa shape index (κ2) is 9.19. The van der Waals surface area contributed by atoms with E-state index in [0.29, 0.717) is 11.3 Å². The van der Waals surface area contributed by atoms with Crippen LogP contribution in [0, 0.1) is 11.7 Å². The Morgan fingerprint density at radius 3 is 2.19 bits per heavy atom. The van der Waals surface area contributed by atoms with E-state index in [-0.39, 0.29) is 35.4 Å². The van der Waals surface area contributed by atoms with Gasteiger partial charge in [-0.15, -0.1) is 0 Å². The van der Waals surface area contributed by atoms with Gasteiger partial charge in [0, 0.05) is 12.6 Å². The Bertz CT molecular complexity index is 879. The molecule has 0 saturated heterocycles. The van der Waals surface area contributed by atoms with Gasteiger partial charge < -0.3 is 14.1 Å². The molecule has 172 valence electrons. The molecule has 1 aromatic carbocycles. The second-order valence-corrected chi connectivity index (χ2v) is 14.8. The number of allylic oxidation sites excluding steroid dienone is 2. The highest BCUT2D eigenvalue weighted by atomic mass is 28.4. The van der Waals surface area contributed by atoms with Gasteiger partial charge in [0.15, 0.2) is 0 Å². The van der Waals surface area contributed by atoms with Crippen molar-refractivity contribution in [3.8, 4) is 0 Å². The van der Waals surface area contributed by atoms with E-state index in [9.17, 15) is 9.18 Å². The van der Waals surface area contributed by atoms with Crippen molar-refractivity contribution in [2.24, 2.45) is 5.92 Å². The second-order valence-electron chi connectivity index (χ2n) is 10.1.